The Bertz CT molecular complexity index is 541. The molecule has 0 unspecified atom stereocenters. The van der Waals surface area contributed by atoms with Crippen molar-refractivity contribution in [2.24, 2.45) is 5.92 Å². The summed E-state index contributed by atoms with van der Waals surface area (Å²) in [7, 11) is 0. The minimum atomic E-state index is 0.755. The van der Waals surface area contributed by atoms with Crippen LogP contribution in [0.2, 0.25) is 0 Å². The van der Waals surface area contributed by atoms with Gasteiger partial charge in [-0.25, -0.2) is 0 Å². The lowest BCUT2D eigenvalue weighted by atomic mass is 9.92. The Morgan fingerprint density at radius 1 is 1.32 bits per heavy atom. The highest BCUT2D eigenvalue weighted by molar-refractivity contribution is 5.54. The van der Waals surface area contributed by atoms with E-state index in [1.54, 1.807) is 0 Å². The van der Waals surface area contributed by atoms with Gasteiger partial charge in [-0.3, -0.25) is 10.1 Å². The molecule has 2 aromatic heterocycles. The molecule has 1 aliphatic heterocycles. The summed E-state index contributed by atoms with van der Waals surface area (Å²) in [5, 5.41) is 10.7. The number of pyridine rings is 1. The van der Waals surface area contributed by atoms with Gasteiger partial charge < -0.3 is 5.32 Å². The number of H-pyrrole nitrogens is 1. The van der Waals surface area contributed by atoms with Gasteiger partial charge in [0.2, 0.25) is 0 Å². The summed E-state index contributed by atoms with van der Waals surface area (Å²) < 4.78 is 0. The summed E-state index contributed by atoms with van der Waals surface area (Å²) in [6.45, 7) is 4.32. The van der Waals surface area contributed by atoms with E-state index in [1.165, 1.54) is 24.9 Å². The molecular weight excluding hydrogens is 236 g/mol. The van der Waals surface area contributed by atoms with E-state index in [1.807, 2.05) is 19.2 Å². The molecule has 1 atom stereocenters. The summed E-state index contributed by atoms with van der Waals surface area (Å²) in [5.74, 6) is 0.755. The molecule has 2 aromatic rings. The average molecular weight is 256 g/mol. The second-order valence-corrected chi connectivity index (χ2v) is 5.40. The highest BCUT2D eigenvalue weighted by Crippen LogP contribution is 2.20. The molecule has 1 saturated heterocycles. The Labute approximate surface area is 113 Å². The summed E-state index contributed by atoms with van der Waals surface area (Å²) in [6.07, 6.45) is 5.64. The van der Waals surface area contributed by atoms with Crippen molar-refractivity contribution in [3.63, 3.8) is 0 Å². The summed E-state index contributed by atoms with van der Waals surface area (Å²) in [5.41, 5.74) is 4.32. The number of nitrogens with one attached hydrogen (secondary N) is 2. The van der Waals surface area contributed by atoms with Gasteiger partial charge in [0, 0.05) is 11.9 Å². The zero-order chi connectivity index (χ0) is 13.1. The number of nitrogens with zero attached hydrogens (tertiary/aromatic N) is 2. The van der Waals surface area contributed by atoms with Crippen molar-refractivity contribution < 1.29 is 0 Å². The standard InChI is InChI=1S/C15H20N4/c1-11-7-15(19-18-11)14-9-12(4-6-17-14)8-13-3-2-5-16-10-13/h4,6-7,9,13,16H,2-3,5,8,10H2,1H3,(H,18,19)/t13-/m1/s1. The smallest absolute Gasteiger partial charge is 0.111 e. The summed E-state index contributed by atoms with van der Waals surface area (Å²) >= 11 is 0. The predicted octanol–water partition coefficient (Wildman–Crippen LogP) is 2.32. The number of aryl methyl sites for hydroxylation is 1. The molecule has 0 spiro atoms. The maximum atomic E-state index is 4.42. The van der Waals surface area contributed by atoms with Gasteiger partial charge in [-0.05, 0) is 69.0 Å². The Balaban J connectivity index is 1.75. The molecule has 0 radical (unpaired) electrons. The lowest BCUT2D eigenvalue weighted by Gasteiger charge is -2.22. The molecule has 4 nitrogen and oxygen atoms in total. The van der Waals surface area contributed by atoms with Crippen LogP contribution in [0.4, 0.5) is 0 Å². The van der Waals surface area contributed by atoms with Crippen LogP contribution in [-0.2, 0) is 6.42 Å². The van der Waals surface area contributed by atoms with Gasteiger partial charge in [0.15, 0.2) is 0 Å². The SMILES string of the molecule is Cc1cc(-c2cc(C[C@H]3CCCNC3)ccn2)n[nH]1. The van der Waals surface area contributed by atoms with Gasteiger partial charge in [0.1, 0.15) is 5.69 Å². The van der Waals surface area contributed by atoms with Crippen molar-refractivity contribution in [3.05, 3.63) is 35.7 Å². The number of hydrogen-bond acceptors (Lipinski definition) is 3. The van der Waals surface area contributed by atoms with Gasteiger partial charge in [0.05, 0.1) is 5.69 Å². The van der Waals surface area contributed by atoms with E-state index < -0.39 is 0 Å². The first-order chi connectivity index (χ1) is 9.31. The molecule has 3 rings (SSSR count). The van der Waals surface area contributed by atoms with Crippen molar-refractivity contribution in [2.45, 2.75) is 26.2 Å². The summed E-state index contributed by atoms with van der Waals surface area (Å²) in [4.78, 5) is 4.42. The molecule has 1 aliphatic rings. The Hall–Kier alpha value is -1.68. The first kappa shape index (κ1) is 12.4. The van der Waals surface area contributed by atoms with Crippen LogP contribution < -0.4 is 5.32 Å². The van der Waals surface area contributed by atoms with E-state index in [-0.39, 0.29) is 0 Å². The lowest BCUT2D eigenvalue weighted by Crippen LogP contribution is -2.30. The van der Waals surface area contributed by atoms with Crippen LogP contribution in [-0.4, -0.2) is 28.3 Å². The fourth-order valence-corrected chi connectivity index (χ4v) is 2.72. The topological polar surface area (TPSA) is 53.6 Å². The van der Waals surface area contributed by atoms with Crippen LogP contribution in [0.1, 0.15) is 24.1 Å². The first-order valence-corrected chi connectivity index (χ1v) is 6.99. The van der Waals surface area contributed by atoms with Gasteiger partial charge in [-0.2, -0.15) is 5.10 Å². The lowest BCUT2D eigenvalue weighted by molar-refractivity contribution is 0.376. The zero-order valence-electron chi connectivity index (χ0n) is 11.3. The fraction of sp³-hybridized carbons (Fsp3) is 0.467. The number of rotatable bonds is 3. The monoisotopic (exact) mass is 256 g/mol. The second kappa shape index (κ2) is 5.53. The maximum Gasteiger partial charge on any atom is 0.111 e. The molecule has 0 aromatic carbocycles. The van der Waals surface area contributed by atoms with Crippen LogP contribution >= 0.6 is 0 Å². The third-order valence-corrected chi connectivity index (χ3v) is 3.72. The molecule has 4 heteroatoms. The molecule has 19 heavy (non-hydrogen) atoms. The van der Waals surface area contributed by atoms with Crippen molar-refractivity contribution in [1.82, 2.24) is 20.5 Å². The van der Waals surface area contributed by atoms with Crippen LogP contribution in [0.5, 0.6) is 0 Å². The molecular formula is C15H20N4. The Kier molecular flexibility index (Phi) is 3.60. The van der Waals surface area contributed by atoms with Gasteiger partial charge in [-0.15, -0.1) is 0 Å². The Morgan fingerprint density at radius 3 is 3.00 bits per heavy atom. The van der Waals surface area contributed by atoms with Crippen molar-refractivity contribution in [1.29, 1.82) is 0 Å². The highest BCUT2D eigenvalue weighted by atomic mass is 15.1. The van der Waals surface area contributed by atoms with E-state index in [2.05, 4.69) is 32.6 Å². The minimum Gasteiger partial charge on any atom is -0.316 e. The molecule has 0 aliphatic carbocycles. The number of piperidine rings is 1. The van der Waals surface area contributed by atoms with E-state index in [0.717, 1.165) is 36.0 Å². The van der Waals surface area contributed by atoms with Crippen LogP contribution in [0, 0.1) is 12.8 Å². The molecule has 1 fully saturated rings. The van der Waals surface area contributed by atoms with E-state index in [4.69, 9.17) is 0 Å². The van der Waals surface area contributed by atoms with Crippen LogP contribution in [0.3, 0.4) is 0 Å². The molecule has 0 amide bonds. The van der Waals surface area contributed by atoms with Gasteiger partial charge in [-0.1, -0.05) is 0 Å². The third kappa shape index (κ3) is 3.01. The third-order valence-electron chi connectivity index (χ3n) is 3.72. The quantitative estimate of drug-likeness (QED) is 0.886. The van der Waals surface area contributed by atoms with Gasteiger partial charge in [0.25, 0.3) is 0 Å². The van der Waals surface area contributed by atoms with Crippen LogP contribution in [0.25, 0.3) is 11.4 Å². The maximum absolute atomic E-state index is 4.42. The van der Waals surface area contributed by atoms with Crippen molar-refractivity contribution in [3.8, 4) is 11.4 Å². The van der Waals surface area contributed by atoms with E-state index >= 15 is 0 Å². The van der Waals surface area contributed by atoms with Crippen molar-refractivity contribution >= 4 is 0 Å². The van der Waals surface area contributed by atoms with Gasteiger partial charge >= 0.3 is 0 Å². The molecule has 3 heterocycles. The number of aromatic amines is 1. The molecule has 0 saturated carbocycles. The van der Waals surface area contributed by atoms with Crippen molar-refractivity contribution in [2.75, 3.05) is 13.1 Å². The Morgan fingerprint density at radius 2 is 2.26 bits per heavy atom. The van der Waals surface area contributed by atoms with E-state index in [0.29, 0.717) is 0 Å². The molecule has 2 N–H and O–H groups in total. The molecule has 100 valence electrons. The zero-order valence-corrected chi connectivity index (χ0v) is 11.3. The average Bonchev–Trinajstić information content (AvgIpc) is 2.87. The number of hydrogen-bond donors (Lipinski definition) is 2. The largest absolute Gasteiger partial charge is 0.316 e. The first-order valence-electron chi connectivity index (χ1n) is 6.99. The second-order valence-electron chi connectivity index (χ2n) is 5.40. The fourth-order valence-electron chi connectivity index (χ4n) is 2.72. The minimum absolute atomic E-state index is 0.755. The number of aromatic nitrogens is 3. The summed E-state index contributed by atoms with van der Waals surface area (Å²) in [6, 6.07) is 6.33. The van der Waals surface area contributed by atoms with Crippen LogP contribution in [0.15, 0.2) is 24.4 Å². The highest BCUT2D eigenvalue weighted by Gasteiger charge is 2.14. The van der Waals surface area contributed by atoms with E-state index in [9.17, 15) is 0 Å². The predicted molar refractivity (Wildman–Crippen MR) is 75.9 cm³/mol. The molecule has 0 bridgehead atoms. The normalized spacial score (nSPS) is 19.5.